The quantitative estimate of drug-likeness (QED) is 0.365. The van der Waals surface area contributed by atoms with Crippen LogP contribution in [0.3, 0.4) is 0 Å². The zero-order chi connectivity index (χ0) is 7.28. The van der Waals surface area contributed by atoms with Gasteiger partial charge >= 0.3 is 0 Å². The second-order valence-electron chi connectivity index (χ2n) is 1.66. The molecule has 0 radical (unpaired) electrons. The first-order chi connectivity index (χ1) is 4.26. The Morgan fingerprint density at radius 3 is 1.90 bits per heavy atom. The maximum absolute atomic E-state index is 5.71. The predicted molar refractivity (Wildman–Crippen MR) is 49.4 cm³/mol. The first kappa shape index (κ1) is 12.7. The van der Waals surface area contributed by atoms with Gasteiger partial charge in [0.05, 0.1) is 0 Å². The van der Waals surface area contributed by atoms with Gasteiger partial charge in [0.25, 0.3) is 0 Å². The molecule has 0 unspecified atom stereocenters. The fourth-order valence-corrected chi connectivity index (χ4v) is 0.865. The van der Waals surface area contributed by atoms with Crippen LogP contribution in [0.2, 0.25) is 0 Å². The Morgan fingerprint density at radius 2 is 1.80 bits per heavy atom. The molecule has 62 valence electrons. The van der Waals surface area contributed by atoms with Crippen molar-refractivity contribution in [2.24, 2.45) is 4.99 Å². The van der Waals surface area contributed by atoms with E-state index in [4.69, 9.17) is 11.6 Å². The second kappa shape index (κ2) is 7.16. The zero-order valence-electron chi connectivity index (χ0n) is 6.59. The van der Waals surface area contributed by atoms with E-state index in [0.717, 1.165) is 13.1 Å². The summed E-state index contributed by atoms with van der Waals surface area (Å²) >= 11 is 5.71. The van der Waals surface area contributed by atoms with Gasteiger partial charge in [0, 0.05) is 20.1 Å². The maximum Gasteiger partial charge on any atom is 0.193 e. The highest BCUT2D eigenvalue weighted by atomic mass is 35.5. The Hall–Kier alpha value is 0.0500. The number of hydrogen-bond donors (Lipinski definition) is 0. The van der Waals surface area contributed by atoms with Crippen molar-refractivity contribution in [3.8, 4) is 0 Å². The van der Waals surface area contributed by atoms with Crippen LogP contribution in [0.25, 0.3) is 0 Å². The van der Waals surface area contributed by atoms with Crippen molar-refractivity contribution < 1.29 is 0 Å². The number of nitrogens with zero attached hydrogens (tertiary/aromatic N) is 2. The third-order valence-corrected chi connectivity index (χ3v) is 1.62. The minimum Gasteiger partial charge on any atom is -0.348 e. The molecule has 0 N–H and O–H groups in total. The summed E-state index contributed by atoms with van der Waals surface area (Å²) in [6.07, 6.45) is 0. The first-order valence-electron chi connectivity index (χ1n) is 3.13. The van der Waals surface area contributed by atoms with Gasteiger partial charge in [-0.1, -0.05) is 0 Å². The summed E-state index contributed by atoms with van der Waals surface area (Å²) in [4.78, 5) is 5.83. The van der Waals surface area contributed by atoms with Crippen LogP contribution in [0.15, 0.2) is 4.99 Å². The van der Waals surface area contributed by atoms with E-state index in [1.165, 1.54) is 0 Å². The monoisotopic (exact) mass is 184 g/mol. The highest BCUT2D eigenvalue weighted by molar-refractivity contribution is 6.64. The standard InChI is InChI=1S/C6H13ClN2.ClH/c1-4-9(5-2)6(7)8-3;/h4-5H2,1-3H3;1H. The summed E-state index contributed by atoms with van der Waals surface area (Å²) in [5.41, 5.74) is 0. The Morgan fingerprint density at radius 1 is 1.40 bits per heavy atom. The molecule has 0 fully saturated rings. The molecule has 0 aromatic heterocycles. The molecule has 0 saturated carbocycles. The van der Waals surface area contributed by atoms with Crippen molar-refractivity contribution in [2.45, 2.75) is 13.8 Å². The molecule has 0 aliphatic carbocycles. The molecule has 0 aromatic carbocycles. The van der Waals surface area contributed by atoms with Gasteiger partial charge < -0.3 is 4.90 Å². The average Bonchev–Trinajstić information content (AvgIpc) is 1.90. The van der Waals surface area contributed by atoms with E-state index in [-0.39, 0.29) is 12.4 Å². The van der Waals surface area contributed by atoms with E-state index in [9.17, 15) is 0 Å². The molecule has 2 nitrogen and oxygen atoms in total. The molecular formula is C6H14Cl2N2. The number of hydrogen-bond acceptors (Lipinski definition) is 1. The molecule has 4 heteroatoms. The van der Waals surface area contributed by atoms with Gasteiger partial charge in [0.1, 0.15) is 0 Å². The van der Waals surface area contributed by atoms with Crippen LogP contribution >= 0.6 is 24.0 Å². The lowest BCUT2D eigenvalue weighted by Gasteiger charge is -2.16. The minimum atomic E-state index is 0. The molecule has 0 bridgehead atoms. The molecule has 0 aliphatic heterocycles. The van der Waals surface area contributed by atoms with Gasteiger partial charge in [-0.05, 0) is 25.4 Å². The first-order valence-corrected chi connectivity index (χ1v) is 3.51. The molecule has 0 amide bonds. The maximum atomic E-state index is 5.71. The van der Waals surface area contributed by atoms with Crippen LogP contribution in [0.4, 0.5) is 0 Å². The Kier molecular flexibility index (Phi) is 9.10. The van der Waals surface area contributed by atoms with Gasteiger partial charge in [-0.15, -0.1) is 12.4 Å². The average molecular weight is 185 g/mol. The summed E-state index contributed by atoms with van der Waals surface area (Å²) in [5, 5.41) is 0.597. The fourth-order valence-electron chi connectivity index (χ4n) is 0.626. The normalized spacial score (nSPS) is 10.6. The SMILES string of the molecule is CCN(CC)C(Cl)=NC.Cl. The Balaban J connectivity index is 0. The summed E-state index contributed by atoms with van der Waals surface area (Å²) in [6.45, 7) is 5.95. The highest BCUT2D eigenvalue weighted by Gasteiger charge is 1.99. The smallest absolute Gasteiger partial charge is 0.193 e. The lowest BCUT2D eigenvalue weighted by Crippen LogP contribution is -2.26. The van der Waals surface area contributed by atoms with Gasteiger partial charge in [-0.2, -0.15) is 0 Å². The molecular weight excluding hydrogens is 171 g/mol. The Labute approximate surface area is 73.7 Å². The zero-order valence-corrected chi connectivity index (χ0v) is 8.17. The largest absolute Gasteiger partial charge is 0.348 e. The lowest BCUT2D eigenvalue weighted by molar-refractivity contribution is 0.473. The minimum absolute atomic E-state index is 0. The predicted octanol–water partition coefficient (Wildman–Crippen LogP) is 1.97. The molecule has 0 atom stereocenters. The van der Waals surface area contributed by atoms with Gasteiger partial charge in [0.2, 0.25) is 0 Å². The molecule has 0 heterocycles. The van der Waals surface area contributed by atoms with Gasteiger partial charge in [-0.25, -0.2) is 0 Å². The number of aliphatic imine (C=N–C) groups is 1. The van der Waals surface area contributed by atoms with Gasteiger partial charge in [-0.3, -0.25) is 4.99 Å². The molecule has 10 heavy (non-hydrogen) atoms. The highest BCUT2D eigenvalue weighted by Crippen LogP contribution is 1.94. The van der Waals surface area contributed by atoms with E-state index < -0.39 is 0 Å². The molecule has 0 saturated heterocycles. The molecule has 0 aromatic rings. The van der Waals surface area contributed by atoms with Crippen molar-refractivity contribution >= 4 is 29.3 Å². The van der Waals surface area contributed by atoms with E-state index in [1.54, 1.807) is 7.05 Å². The van der Waals surface area contributed by atoms with Crippen LogP contribution in [0.5, 0.6) is 0 Å². The molecule has 0 aliphatic rings. The summed E-state index contributed by atoms with van der Waals surface area (Å²) in [7, 11) is 1.70. The summed E-state index contributed by atoms with van der Waals surface area (Å²) < 4.78 is 0. The van der Waals surface area contributed by atoms with E-state index in [0.29, 0.717) is 5.29 Å². The number of halogens is 2. The van der Waals surface area contributed by atoms with Crippen molar-refractivity contribution in [2.75, 3.05) is 20.1 Å². The van der Waals surface area contributed by atoms with Crippen molar-refractivity contribution in [1.29, 1.82) is 0 Å². The van der Waals surface area contributed by atoms with E-state index in [2.05, 4.69) is 18.8 Å². The second-order valence-corrected chi connectivity index (χ2v) is 2.00. The summed E-state index contributed by atoms with van der Waals surface area (Å²) in [5.74, 6) is 0. The van der Waals surface area contributed by atoms with Crippen molar-refractivity contribution in [1.82, 2.24) is 4.90 Å². The third-order valence-electron chi connectivity index (χ3n) is 1.21. The van der Waals surface area contributed by atoms with E-state index >= 15 is 0 Å². The van der Waals surface area contributed by atoms with Crippen molar-refractivity contribution in [3.05, 3.63) is 0 Å². The van der Waals surface area contributed by atoms with Gasteiger partial charge in [0.15, 0.2) is 5.29 Å². The molecule has 0 rings (SSSR count). The van der Waals surface area contributed by atoms with Crippen LogP contribution in [-0.4, -0.2) is 30.3 Å². The lowest BCUT2D eigenvalue weighted by atomic mass is 10.6. The topological polar surface area (TPSA) is 15.6 Å². The third kappa shape index (κ3) is 3.96. The number of amidine groups is 1. The van der Waals surface area contributed by atoms with Crippen LogP contribution in [0.1, 0.15) is 13.8 Å². The number of rotatable bonds is 2. The van der Waals surface area contributed by atoms with Crippen molar-refractivity contribution in [3.63, 3.8) is 0 Å². The van der Waals surface area contributed by atoms with Crippen LogP contribution in [-0.2, 0) is 0 Å². The fraction of sp³-hybridized carbons (Fsp3) is 0.833. The van der Waals surface area contributed by atoms with Crippen LogP contribution < -0.4 is 0 Å². The van der Waals surface area contributed by atoms with Crippen LogP contribution in [0, 0.1) is 0 Å². The van der Waals surface area contributed by atoms with E-state index in [1.807, 2.05) is 4.90 Å². The molecule has 0 spiro atoms. The Bertz CT molecular complexity index is 99.9. The summed E-state index contributed by atoms with van der Waals surface area (Å²) in [6, 6.07) is 0.